The third-order valence-corrected chi connectivity index (χ3v) is 6.36. The molecule has 0 aromatic heterocycles. The first-order chi connectivity index (χ1) is 10.3. The van der Waals surface area contributed by atoms with E-state index in [1.54, 1.807) is 23.9 Å². The molecule has 0 saturated carbocycles. The fourth-order valence-electron chi connectivity index (χ4n) is 3.64. The monoisotopic (exact) mass is 318 g/mol. The van der Waals surface area contributed by atoms with Gasteiger partial charge in [-0.3, -0.25) is 4.79 Å². The van der Waals surface area contributed by atoms with Gasteiger partial charge < -0.3 is 10.2 Å². The van der Waals surface area contributed by atoms with Gasteiger partial charge in [0.05, 0.1) is 11.2 Å². The number of phenolic OH excluding ortho intramolecular Hbond substituents is 1. The molecule has 0 spiro atoms. The molecule has 0 amide bonds. The first-order valence-electron chi connectivity index (χ1n) is 7.69. The van der Waals surface area contributed by atoms with Crippen molar-refractivity contribution < 1.29 is 15.0 Å². The van der Waals surface area contributed by atoms with Crippen LogP contribution in [0.3, 0.4) is 0 Å². The summed E-state index contributed by atoms with van der Waals surface area (Å²) in [6, 6.07) is 5.25. The topological polar surface area (TPSA) is 57.5 Å². The van der Waals surface area contributed by atoms with Crippen molar-refractivity contribution in [3.63, 3.8) is 0 Å². The Kier molecular flexibility index (Phi) is 3.76. The molecule has 1 heterocycles. The maximum Gasteiger partial charge on any atom is 0.312 e. The van der Waals surface area contributed by atoms with Crippen molar-refractivity contribution in [3.8, 4) is 5.75 Å². The molecule has 1 aromatic carbocycles. The van der Waals surface area contributed by atoms with E-state index in [-0.39, 0.29) is 16.4 Å². The highest BCUT2D eigenvalue weighted by molar-refractivity contribution is 8.03. The summed E-state index contributed by atoms with van der Waals surface area (Å²) in [4.78, 5) is 13.2. The van der Waals surface area contributed by atoms with Crippen molar-refractivity contribution in [1.82, 2.24) is 0 Å². The molecule has 1 aliphatic heterocycles. The minimum absolute atomic E-state index is 0.0722. The van der Waals surface area contributed by atoms with Crippen LogP contribution in [0.15, 0.2) is 28.7 Å². The van der Waals surface area contributed by atoms with E-state index < -0.39 is 11.9 Å². The van der Waals surface area contributed by atoms with Crippen LogP contribution in [0.2, 0.25) is 0 Å². The van der Waals surface area contributed by atoms with Gasteiger partial charge >= 0.3 is 5.97 Å². The van der Waals surface area contributed by atoms with E-state index in [0.717, 1.165) is 36.0 Å². The van der Waals surface area contributed by atoms with Gasteiger partial charge in [0.1, 0.15) is 5.75 Å². The maximum absolute atomic E-state index is 11.9. The second-order valence-electron chi connectivity index (χ2n) is 7.18. The molecular formula is C18H22O3S. The minimum atomic E-state index is -0.729. The summed E-state index contributed by atoms with van der Waals surface area (Å²) < 4.78 is 0. The zero-order valence-corrected chi connectivity index (χ0v) is 14.0. The molecule has 0 fully saturated rings. The molecule has 22 heavy (non-hydrogen) atoms. The zero-order valence-electron chi connectivity index (χ0n) is 13.2. The molecule has 118 valence electrons. The number of carboxylic acids is 1. The fourth-order valence-corrected chi connectivity index (χ4v) is 5.32. The van der Waals surface area contributed by atoms with Gasteiger partial charge in [0.25, 0.3) is 0 Å². The lowest BCUT2D eigenvalue weighted by atomic mass is 9.73. The average molecular weight is 318 g/mol. The molecule has 2 aliphatic rings. The molecule has 2 N–H and O–H groups in total. The number of aliphatic carboxylic acids is 1. The third-order valence-electron chi connectivity index (χ3n) is 4.83. The fraction of sp³-hybridized carbons (Fsp3) is 0.500. The summed E-state index contributed by atoms with van der Waals surface area (Å²) in [6.07, 6.45) is 2.98. The average Bonchev–Trinajstić information content (AvgIpc) is 2.75. The second-order valence-corrected chi connectivity index (χ2v) is 8.42. The summed E-state index contributed by atoms with van der Waals surface area (Å²) in [5.74, 6) is -0.939. The largest absolute Gasteiger partial charge is 0.508 e. The predicted octanol–water partition coefficient (Wildman–Crippen LogP) is 4.65. The molecule has 0 radical (unpaired) electrons. The molecule has 0 saturated heterocycles. The number of allylic oxidation sites excluding steroid dienone is 1. The molecule has 3 nitrogen and oxygen atoms in total. The Hall–Kier alpha value is -1.42. The smallest absolute Gasteiger partial charge is 0.312 e. The van der Waals surface area contributed by atoms with Crippen LogP contribution in [0.25, 0.3) is 0 Å². The molecular weight excluding hydrogens is 296 g/mol. The van der Waals surface area contributed by atoms with E-state index >= 15 is 0 Å². The van der Waals surface area contributed by atoms with Crippen LogP contribution in [0, 0.1) is 18.3 Å². The standard InChI is InChI=1S/C18H22O3S/c1-10-8-11(19)4-5-12(10)16-15(17(20)21)13-9-18(2,3)7-6-14(13)22-16/h4-5,8,15-16,19H,6-7,9H2,1-3H3,(H,20,21). The van der Waals surface area contributed by atoms with Crippen LogP contribution in [0.1, 0.15) is 49.5 Å². The Morgan fingerprint density at radius 2 is 2.09 bits per heavy atom. The highest BCUT2D eigenvalue weighted by atomic mass is 32.2. The van der Waals surface area contributed by atoms with Crippen molar-refractivity contribution in [3.05, 3.63) is 39.8 Å². The zero-order chi connectivity index (χ0) is 16.1. The first kappa shape index (κ1) is 15.5. The van der Waals surface area contributed by atoms with Gasteiger partial charge in [-0.25, -0.2) is 0 Å². The Morgan fingerprint density at radius 3 is 2.73 bits per heavy atom. The van der Waals surface area contributed by atoms with Crippen molar-refractivity contribution >= 4 is 17.7 Å². The summed E-state index contributed by atoms with van der Waals surface area (Å²) in [7, 11) is 0. The van der Waals surface area contributed by atoms with Crippen LogP contribution in [-0.4, -0.2) is 16.2 Å². The van der Waals surface area contributed by atoms with Crippen molar-refractivity contribution in [1.29, 1.82) is 0 Å². The molecule has 1 aliphatic carbocycles. The third kappa shape index (κ3) is 2.65. The van der Waals surface area contributed by atoms with Crippen LogP contribution in [-0.2, 0) is 4.79 Å². The van der Waals surface area contributed by atoms with Crippen molar-refractivity contribution in [2.45, 2.75) is 45.3 Å². The first-order valence-corrected chi connectivity index (χ1v) is 8.57. The summed E-state index contributed by atoms with van der Waals surface area (Å²) in [5.41, 5.74) is 3.31. The number of hydrogen-bond acceptors (Lipinski definition) is 3. The number of aryl methyl sites for hydroxylation is 1. The molecule has 1 aromatic rings. The molecule has 4 heteroatoms. The van der Waals surface area contributed by atoms with Crippen LogP contribution < -0.4 is 0 Å². The highest BCUT2D eigenvalue weighted by Gasteiger charge is 2.45. The molecule has 3 rings (SSSR count). The van der Waals surface area contributed by atoms with E-state index in [1.165, 1.54) is 4.91 Å². The Labute approximate surface area is 135 Å². The van der Waals surface area contributed by atoms with E-state index in [0.29, 0.717) is 0 Å². The normalized spacial score (nSPS) is 26.9. The number of rotatable bonds is 2. The van der Waals surface area contributed by atoms with Crippen molar-refractivity contribution in [2.24, 2.45) is 11.3 Å². The summed E-state index contributed by atoms with van der Waals surface area (Å²) in [5, 5.41) is 19.3. The maximum atomic E-state index is 11.9. The van der Waals surface area contributed by atoms with Crippen molar-refractivity contribution in [2.75, 3.05) is 0 Å². The number of thioether (sulfide) groups is 1. The Morgan fingerprint density at radius 1 is 1.36 bits per heavy atom. The quantitative estimate of drug-likeness (QED) is 0.833. The summed E-state index contributed by atoms with van der Waals surface area (Å²) in [6.45, 7) is 6.38. The molecule has 2 unspecified atom stereocenters. The highest BCUT2D eigenvalue weighted by Crippen LogP contribution is 2.59. The van der Waals surface area contributed by atoms with E-state index in [4.69, 9.17) is 0 Å². The van der Waals surface area contributed by atoms with Crippen LogP contribution in [0.4, 0.5) is 0 Å². The molecule has 2 atom stereocenters. The number of carboxylic acid groups (broad SMARTS) is 1. The van der Waals surface area contributed by atoms with Gasteiger partial charge in [-0.2, -0.15) is 0 Å². The van der Waals surface area contributed by atoms with Gasteiger partial charge in [-0.1, -0.05) is 19.9 Å². The van der Waals surface area contributed by atoms with Gasteiger partial charge in [0.15, 0.2) is 0 Å². The van der Waals surface area contributed by atoms with Gasteiger partial charge in [0, 0.05) is 0 Å². The SMILES string of the molecule is Cc1cc(O)ccc1C1SC2=C(CC(C)(C)CC2)C1C(=O)O. The minimum Gasteiger partial charge on any atom is -0.508 e. The van der Waals surface area contributed by atoms with E-state index in [1.807, 2.05) is 13.0 Å². The lowest BCUT2D eigenvalue weighted by Crippen LogP contribution is -2.25. The Bertz CT molecular complexity index is 660. The predicted molar refractivity (Wildman–Crippen MR) is 89.0 cm³/mol. The lowest BCUT2D eigenvalue weighted by Gasteiger charge is -2.31. The lowest BCUT2D eigenvalue weighted by molar-refractivity contribution is -0.140. The van der Waals surface area contributed by atoms with Gasteiger partial charge in [-0.15, -0.1) is 11.8 Å². The summed E-state index contributed by atoms with van der Waals surface area (Å²) >= 11 is 1.72. The van der Waals surface area contributed by atoms with E-state index in [9.17, 15) is 15.0 Å². The number of benzene rings is 1. The number of phenols is 1. The van der Waals surface area contributed by atoms with Crippen LogP contribution in [0.5, 0.6) is 5.75 Å². The Balaban J connectivity index is 2.00. The van der Waals surface area contributed by atoms with Gasteiger partial charge in [-0.05, 0) is 65.3 Å². The molecule has 0 bridgehead atoms. The number of hydrogen-bond donors (Lipinski definition) is 2. The second kappa shape index (κ2) is 5.34. The van der Waals surface area contributed by atoms with Gasteiger partial charge in [0.2, 0.25) is 0 Å². The number of aromatic hydroxyl groups is 1. The van der Waals surface area contributed by atoms with E-state index in [2.05, 4.69) is 13.8 Å². The number of carbonyl (C=O) groups is 1. The van der Waals surface area contributed by atoms with Crippen LogP contribution >= 0.6 is 11.8 Å².